The zero-order valence-corrected chi connectivity index (χ0v) is 12.0. The van der Waals surface area contributed by atoms with Crippen LogP contribution in [0.5, 0.6) is 0 Å². The molecule has 1 aromatic heterocycles. The van der Waals surface area contributed by atoms with Crippen molar-refractivity contribution in [1.82, 2.24) is 9.88 Å². The lowest BCUT2D eigenvalue weighted by atomic mass is 9.95. The summed E-state index contributed by atoms with van der Waals surface area (Å²) in [5, 5.41) is 2.72. The van der Waals surface area contributed by atoms with Crippen molar-refractivity contribution in [2.24, 2.45) is 0 Å². The molecule has 0 N–H and O–H groups in total. The first kappa shape index (κ1) is 12.2. The SMILES string of the molecule is CN1CCCC(N2CCc3cncc4cccc2c34)C1. The molecule has 3 heterocycles. The Morgan fingerprint density at radius 3 is 3.05 bits per heavy atom. The Kier molecular flexibility index (Phi) is 2.88. The third-order valence-corrected chi connectivity index (χ3v) is 4.81. The molecule has 104 valence electrons. The van der Waals surface area contributed by atoms with Gasteiger partial charge in [0.1, 0.15) is 0 Å². The number of piperidine rings is 1. The summed E-state index contributed by atoms with van der Waals surface area (Å²) in [7, 11) is 2.24. The molecule has 1 aromatic carbocycles. The molecule has 4 rings (SSSR count). The molecule has 0 bridgehead atoms. The average Bonchev–Trinajstić information content (AvgIpc) is 2.48. The van der Waals surface area contributed by atoms with Crippen LogP contribution in [0.25, 0.3) is 10.8 Å². The number of pyridine rings is 1. The quantitative estimate of drug-likeness (QED) is 0.792. The van der Waals surface area contributed by atoms with Crippen LogP contribution in [-0.4, -0.2) is 42.6 Å². The van der Waals surface area contributed by atoms with E-state index in [-0.39, 0.29) is 0 Å². The Labute approximate surface area is 120 Å². The van der Waals surface area contributed by atoms with Crippen molar-refractivity contribution in [3.8, 4) is 0 Å². The summed E-state index contributed by atoms with van der Waals surface area (Å²) in [4.78, 5) is 9.49. The smallest absolute Gasteiger partial charge is 0.0452 e. The number of rotatable bonds is 1. The van der Waals surface area contributed by atoms with Crippen LogP contribution in [0, 0.1) is 0 Å². The van der Waals surface area contributed by atoms with E-state index in [0.717, 1.165) is 13.0 Å². The molecule has 1 unspecified atom stereocenters. The largest absolute Gasteiger partial charge is 0.366 e. The molecule has 0 radical (unpaired) electrons. The summed E-state index contributed by atoms with van der Waals surface area (Å²) in [5.74, 6) is 0. The van der Waals surface area contributed by atoms with E-state index < -0.39 is 0 Å². The van der Waals surface area contributed by atoms with Crippen molar-refractivity contribution >= 4 is 16.5 Å². The second-order valence-corrected chi connectivity index (χ2v) is 6.18. The first-order chi connectivity index (χ1) is 9.83. The predicted molar refractivity (Wildman–Crippen MR) is 83.3 cm³/mol. The van der Waals surface area contributed by atoms with Crippen LogP contribution in [0.1, 0.15) is 18.4 Å². The minimum absolute atomic E-state index is 0.667. The average molecular weight is 267 g/mol. The fourth-order valence-electron chi connectivity index (χ4n) is 3.85. The number of anilines is 1. The van der Waals surface area contributed by atoms with Crippen molar-refractivity contribution < 1.29 is 0 Å². The second kappa shape index (κ2) is 4.74. The van der Waals surface area contributed by atoms with Crippen LogP contribution in [-0.2, 0) is 6.42 Å². The summed E-state index contributed by atoms with van der Waals surface area (Å²) in [6.45, 7) is 3.57. The van der Waals surface area contributed by atoms with Gasteiger partial charge in [0.15, 0.2) is 0 Å². The molecule has 1 atom stereocenters. The molecule has 0 amide bonds. The van der Waals surface area contributed by atoms with Gasteiger partial charge >= 0.3 is 0 Å². The van der Waals surface area contributed by atoms with Gasteiger partial charge in [-0.3, -0.25) is 4.98 Å². The molecule has 2 aliphatic heterocycles. The molecule has 2 aromatic rings. The molecule has 0 spiro atoms. The van der Waals surface area contributed by atoms with Gasteiger partial charge in [-0.25, -0.2) is 0 Å². The Morgan fingerprint density at radius 1 is 1.20 bits per heavy atom. The summed E-state index contributed by atoms with van der Waals surface area (Å²) in [5.41, 5.74) is 2.84. The van der Waals surface area contributed by atoms with E-state index in [1.807, 2.05) is 6.20 Å². The zero-order valence-electron chi connectivity index (χ0n) is 12.0. The van der Waals surface area contributed by atoms with Crippen LogP contribution in [0.15, 0.2) is 30.6 Å². The first-order valence-electron chi connectivity index (χ1n) is 7.64. The lowest BCUT2D eigenvalue weighted by Gasteiger charge is -2.42. The van der Waals surface area contributed by atoms with E-state index in [9.17, 15) is 0 Å². The van der Waals surface area contributed by atoms with Crippen LogP contribution >= 0.6 is 0 Å². The summed E-state index contributed by atoms with van der Waals surface area (Å²) in [6.07, 6.45) is 7.81. The fourth-order valence-corrected chi connectivity index (χ4v) is 3.85. The van der Waals surface area contributed by atoms with E-state index in [4.69, 9.17) is 0 Å². The minimum atomic E-state index is 0.667. The van der Waals surface area contributed by atoms with Gasteiger partial charge in [-0.1, -0.05) is 12.1 Å². The molecule has 0 aliphatic carbocycles. The second-order valence-electron chi connectivity index (χ2n) is 6.18. The van der Waals surface area contributed by atoms with E-state index >= 15 is 0 Å². The number of likely N-dealkylation sites (N-methyl/N-ethyl adjacent to an activating group) is 1. The number of likely N-dealkylation sites (tertiary alicyclic amines) is 1. The zero-order chi connectivity index (χ0) is 13.5. The maximum atomic E-state index is 4.38. The number of hydrogen-bond donors (Lipinski definition) is 0. The number of nitrogens with zero attached hydrogens (tertiary/aromatic N) is 3. The van der Waals surface area contributed by atoms with Gasteiger partial charge < -0.3 is 9.80 Å². The molecular weight excluding hydrogens is 246 g/mol. The Hall–Kier alpha value is -1.61. The fraction of sp³-hybridized carbons (Fsp3) is 0.471. The van der Waals surface area contributed by atoms with Gasteiger partial charge in [-0.05, 0) is 44.5 Å². The van der Waals surface area contributed by atoms with Gasteiger partial charge in [0.05, 0.1) is 0 Å². The Bertz CT molecular complexity index is 632. The van der Waals surface area contributed by atoms with Gasteiger partial charge in [0.2, 0.25) is 0 Å². The molecule has 2 aliphatic rings. The highest BCUT2D eigenvalue weighted by Gasteiger charge is 2.27. The molecule has 1 saturated heterocycles. The maximum Gasteiger partial charge on any atom is 0.0452 e. The van der Waals surface area contributed by atoms with Crippen molar-refractivity contribution in [3.05, 3.63) is 36.2 Å². The molecular formula is C17H21N3. The third kappa shape index (κ3) is 1.88. The standard InChI is InChI=1S/C17H21N3/c1-19-8-3-5-15(12-19)20-9-7-14-11-18-10-13-4-2-6-16(20)17(13)14/h2,4,6,10-11,15H,3,5,7-9,12H2,1H3. The normalized spacial score (nSPS) is 23.2. The van der Waals surface area contributed by atoms with Crippen molar-refractivity contribution in [1.29, 1.82) is 0 Å². The van der Waals surface area contributed by atoms with Gasteiger partial charge in [-0.2, -0.15) is 0 Å². The molecule has 3 heteroatoms. The topological polar surface area (TPSA) is 19.4 Å². The predicted octanol–water partition coefficient (Wildman–Crippen LogP) is 2.69. The lowest BCUT2D eigenvalue weighted by molar-refractivity contribution is 0.244. The summed E-state index contributed by atoms with van der Waals surface area (Å²) < 4.78 is 0. The van der Waals surface area contributed by atoms with E-state index in [2.05, 4.69) is 46.2 Å². The van der Waals surface area contributed by atoms with Crippen molar-refractivity contribution in [2.45, 2.75) is 25.3 Å². The monoisotopic (exact) mass is 267 g/mol. The number of aromatic nitrogens is 1. The Morgan fingerprint density at radius 2 is 2.15 bits per heavy atom. The maximum absolute atomic E-state index is 4.38. The van der Waals surface area contributed by atoms with Gasteiger partial charge in [0.25, 0.3) is 0 Å². The molecule has 3 nitrogen and oxygen atoms in total. The lowest BCUT2D eigenvalue weighted by Crippen LogP contribution is -2.48. The van der Waals surface area contributed by atoms with Crippen LogP contribution < -0.4 is 4.90 Å². The van der Waals surface area contributed by atoms with Gasteiger partial charge in [0, 0.05) is 48.0 Å². The third-order valence-electron chi connectivity index (χ3n) is 4.81. The number of hydrogen-bond acceptors (Lipinski definition) is 3. The van der Waals surface area contributed by atoms with Crippen LogP contribution in [0.4, 0.5) is 5.69 Å². The van der Waals surface area contributed by atoms with E-state index in [0.29, 0.717) is 6.04 Å². The Balaban J connectivity index is 1.79. The van der Waals surface area contributed by atoms with Crippen molar-refractivity contribution in [3.63, 3.8) is 0 Å². The molecule has 20 heavy (non-hydrogen) atoms. The highest BCUT2D eigenvalue weighted by molar-refractivity contribution is 5.97. The highest BCUT2D eigenvalue weighted by Crippen LogP contribution is 2.35. The van der Waals surface area contributed by atoms with Crippen molar-refractivity contribution in [2.75, 3.05) is 31.6 Å². The molecule has 1 fully saturated rings. The van der Waals surface area contributed by atoms with Crippen LogP contribution in [0.3, 0.4) is 0 Å². The molecule has 0 saturated carbocycles. The summed E-state index contributed by atoms with van der Waals surface area (Å²) in [6, 6.07) is 7.32. The van der Waals surface area contributed by atoms with E-state index in [1.54, 1.807) is 0 Å². The minimum Gasteiger partial charge on any atom is -0.366 e. The summed E-state index contributed by atoms with van der Waals surface area (Å²) >= 11 is 0. The van der Waals surface area contributed by atoms with Crippen LogP contribution in [0.2, 0.25) is 0 Å². The van der Waals surface area contributed by atoms with Gasteiger partial charge in [-0.15, -0.1) is 0 Å². The number of benzene rings is 1. The highest BCUT2D eigenvalue weighted by atomic mass is 15.2. The first-order valence-corrected chi connectivity index (χ1v) is 7.64. The van der Waals surface area contributed by atoms with E-state index in [1.165, 1.54) is 48.0 Å².